The predicted octanol–water partition coefficient (Wildman–Crippen LogP) is 6.72. The molecule has 0 saturated carbocycles. The van der Waals surface area contributed by atoms with E-state index < -0.39 is 0 Å². The first-order chi connectivity index (χ1) is 11.9. The Morgan fingerprint density at radius 2 is 1.52 bits per heavy atom. The molecular weight excluding hydrogens is 328 g/mol. The molecule has 2 aromatic carbocycles. The van der Waals surface area contributed by atoms with Gasteiger partial charge in [0.1, 0.15) is 11.5 Å². The Balaban J connectivity index is 2.39. The zero-order valence-electron chi connectivity index (χ0n) is 16.0. The van der Waals surface area contributed by atoms with Gasteiger partial charge in [-0.05, 0) is 85.5 Å². The van der Waals surface area contributed by atoms with Gasteiger partial charge >= 0.3 is 0 Å². The smallest absolute Gasteiger partial charge is 0.119 e. The second-order valence-corrected chi connectivity index (χ2v) is 8.02. The molecule has 0 aromatic heterocycles. The minimum Gasteiger partial charge on any atom is -0.508 e. The van der Waals surface area contributed by atoms with Gasteiger partial charge in [0.05, 0.1) is 0 Å². The minimum absolute atomic E-state index is 0.334. The highest BCUT2D eigenvalue weighted by molar-refractivity contribution is 7.99. The van der Waals surface area contributed by atoms with Crippen molar-refractivity contribution < 1.29 is 10.2 Å². The summed E-state index contributed by atoms with van der Waals surface area (Å²) >= 11 is 1.73. The van der Waals surface area contributed by atoms with E-state index in [1.54, 1.807) is 11.8 Å². The molecule has 0 bridgehead atoms. The van der Waals surface area contributed by atoms with E-state index in [-0.39, 0.29) is 0 Å². The zero-order chi connectivity index (χ0) is 18.6. The van der Waals surface area contributed by atoms with Gasteiger partial charge in [0.15, 0.2) is 0 Å². The Bertz CT molecular complexity index is 737. The number of rotatable bonds is 7. The Morgan fingerprint density at radius 1 is 0.920 bits per heavy atom. The SMILES string of the molecule is CCCCc1cc(Sc2cc(C(C)CC)c(O)cc2C)c(C)cc1O. The molecule has 136 valence electrons. The van der Waals surface area contributed by atoms with Crippen molar-refractivity contribution in [1.82, 2.24) is 0 Å². The van der Waals surface area contributed by atoms with Crippen LogP contribution in [0.25, 0.3) is 0 Å². The molecule has 0 aliphatic rings. The van der Waals surface area contributed by atoms with E-state index in [0.29, 0.717) is 17.4 Å². The molecule has 0 aliphatic heterocycles. The number of benzene rings is 2. The Morgan fingerprint density at radius 3 is 2.12 bits per heavy atom. The number of hydrogen-bond acceptors (Lipinski definition) is 3. The van der Waals surface area contributed by atoms with Gasteiger partial charge in [0.25, 0.3) is 0 Å². The topological polar surface area (TPSA) is 40.5 Å². The first kappa shape index (κ1) is 19.7. The van der Waals surface area contributed by atoms with Gasteiger partial charge in [0, 0.05) is 9.79 Å². The van der Waals surface area contributed by atoms with Crippen molar-refractivity contribution in [2.45, 2.75) is 76.0 Å². The van der Waals surface area contributed by atoms with Gasteiger partial charge in [-0.3, -0.25) is 0 Å². The van der Waals surface area contributed by atoms with E-state index in [1.165, 1.54) is 9.79 Å². The maximum absolute atomic E-state index is 10.3. The van der Waals surface area contributed by atoms with Crippen LogP contribution in [0.15, 0.2) is 34.1 Å². The number of aryl methyl sites for hydroxylation is 3. The molecule has 0 spiro atoms. The molecule has 1 atom stereocenters. The number of unbranched alkanes of at least 4 members (excludes halogenated alkanes) is 1. The van der Waals surface area contributed by atoms with Crippen molar-refractivity contribution in [2.24, 2.45) is 0 Å². The summed E-state index contributed by atoms with van der Waals surface area (Å²) in [7, 11) is 0. The fraction of sp³-hybridized carbons (Fsp3) is 0.455. The van der Waals surface area contributed by atoms with Crippen LogP contribution >= 0.6 is 11.8 Å². The van der Waals surface area contributed by atoms with Crippen LogP contribution in [0.4, 0.5) is 0 Å². The van der Waals surface area contributed by atoms with Crippen LogP contribution in [0.2, 0.25) is 0 Å². The average Bonchev–Trinajstić information content (AvgIpc) is 2.57. The molecule has 0 aliphatic carbocycles. The largest absolute Gasteiger partial charge is 0.508 e. The van der Waals surface area contributed by atoms with Crippen LogP contribution in [0.3, 0.4) is 0 Å². The highest BCUT2D eigenvalue weighted by atomic mass is 32.2. The average molecular weight is 359 g/mol. The summed E-state index contributed by atoms with van der Waals surface area (Å²) in [5, 5.41) is 20.5. The lowest BCUT2D eigenvalue weighted by atomic mass is 9.96. The van der Waals surface area contributed by atoms with Crippen molar-refractivity contribution in [2.75, 3.05) is 0 Å². The monoisotopic (exact) mass is 358 g/mol. The zero-order valence-corrected chi connectivity index (χ0v) is 16.8. The van der Waals surface area contributed by atoms with Crippen molar-refractivity contribution in [3.63, 3.8) is 0 Å². The van der Waals surface area contributed by atoms with Crippen LogP contribution in [0.1, 0.15) is 68.2 Å². The van der Waals surface area contributed by atoms with Gasteiger partial charge in [-0.15, -0.1) is 0 Å². The molecule has 0 heterocycles. The molecule has 0 amide bonds. The summed E-state index contributed by atoms with van der Waals surface area (Å²) in [6.07, 6.45) is 4.10. The van der Waals surface area contributed by atoms with Crippen LogP contribution in [-0.4, -0.2) is 10.2 Å². The summed E-state index contributed by atoms with van der Waals surface area (Å²) < 4.78 is 0. The molecule has 0 saturated heterocycles. The van der Waals surface area contributed by atoms with Gasteiger partial charge in [0.2, 0.25) is 0 Å². The van der Waals surface area contributed by atoms with E-state index in [1.807, 2.05) is 26.0 Å². The van der Waals surface area contributed by atoms with E-state index in [0.717, 1.165) is 47.9 Å². The van der Waals surface area contributed by atoms with Gasteiger partial charge in [-0.25, -0.2) is 0 Å². The fourth-order valence-corrected chi connectivity index (χ4v) is 3.99. The van der Waals surface area contributed by atoms with Gasteiger partial charge < -0.3 is 10.2 Å². The predicted molar refractivity (Wildman–Crippen MR) is 107 cm³/mol. The fourth-order valence-electron chi connectivity index (χ4n) is 2.92. The maximum Gasteiger partial charge on any atom is 0.119 e. The third kappa shape index (κ3) is 4.72. The Labute approximate surface area is 156 Å². The molecule has 3 heteroatoms. The third-order valence-electron chi connectivity index (χ3n) is 4.86. The summed E-state index contributed by atoms with van der Waals surface area (Å²) in [6.45, 7) is 10.5. The first-order valence-electron chi connectivity index (χ1n) is 9.21. The summed E-state index contributed by atoms with van der Waals surface area (Å²) in [4.78, 5) is 2.34. The van der Waals surface area contributed by atoms with Crippen molar-refractivity contribution >= 4 is 11.8 Å². The minimum atomic E-state index is 0.334. The van der Waals surface area contributed by atoms with Crippen LogP contribution in [0.5, 0.6) is 11.5 Å². The second kappa shape index (κ2) is 8.66. The van der Waals surface area contributed by atoms with Crippen LogP contribution in [0, 0.1) is 13.8 Å². The molecule has 0 radical (unpaired) electrons. The lowest BCUT2D eigenvalue weighted by Gasteiger charge is -2.16. The highest BCUT2D eigenvalue weighted by Crippen LogP contribution is 2.40. The molecule has 1 unspecified atom stereocenters. The number of phenols is 2. The number of phenolic OH excluding ortho intramolecular Hbond substituents is 2. The summed E-state index contributed by atoms with van der Waals surface area (Å²) in [5.41, 5.74) is 4.20. The van der Waals surface area contributed by atoms with Crippen LogP contribution in [-0.2, 0) is 6.42 Å². The van der Waals surface area contributed by atoms with Crippen molar-refractivity contribution in [3.05, 3.63) is 46.5 Å². The molecule has 2 nitrogen and oxygen atoms in total. The normalized spacial score (nSPS) is 12.4. The van der Waals surface area contributed by atoms with Gasteiger partial charge in [-0.2, -0.15) is 0 Å². The molecule has 25 heavy (non-hydrogen) atoms. The molecule has 2 N–H and O–H groups in total. The van der Waals surface area contributed by atoms with Crippen LogP contribution < -0.4 is 0 Å². The first-order valence-corrected chi connectivity index (χ1v) is 10.0. The lowest BCUT2D eigenvalue weighted by Crippen LogP contribution is -1.95. The Kier molecular flexibility index (Phi) is 6.83. The van der Waals surface area contributed by atoms with E-state index in [2.05, 4.69) is 32.9 Å². The highest BCUT2D eigenvalue weighted by Gasteiger charge is 2.14. The van der Waals surface area contributed by atoms with E-state index in [4.69, 9.17) is 0 Å². The standard InChI is InChI=1S/C22H30O2S/c1-6-8-9-17-12-21(15(4)10-19(17)23)25-22-13-18(14(3)7-2)20(24)11-16(22)5/h10-14,23-24H,6-9H2,1-5H3. The van der Waals surface area contributed by atoms with Crippen molar-refractivity contribution in [3.8, 4) is 11.5 Å². The Hall–Kier alpha value is -1.61. The van der Waals surface area contributed by atoms with Crippen molar-refractivity contribution in [1.29, 1.82) is 0 Å². The number of aromatic hydroxyl groups is 2. The van der Waals surface area contributed by atoms with E-state index >= 15 is 0 Å². The number of hydrogen-bond donors (Lipinski definition) is 2. The third-order valence-corrected chi connectivity index (χ3v) is 6.18. The summed E-state index contributed by atoms with van der Waals surface area (Å²) in [6, 6.07) is 8.00. The summed E-state index contributed by atoms with van der Waals surface area (Å²) in [5.74, 6) is 1.13. The molecule has 2 aromatic rings. The lowest BCUT2D eigenvalue weighted by molar-refractivity contribution is 0.460. The van der Waals surface area contributed by atoms with E-state index in [9.17, 15) is 10.2 Å². The van der Waals surface area contributed by atoms with Gasteiger partial charge in [-0.1, -0.05) is 39.0 Å². The molecule has 0 fully saturated rings. The molecule has 2 rings (SSSR count). The second-order valence-electron chi connectivity index (χ2n) is 6.94. The molecular formula is C22H30O2S. The maximum atomic E-state index is 10.3. The quantitative estimate of drug-likeness (QED) is 0.577.